The Labute approximate surface area is 122 Å². The van der Waals surface area contributed by atoms with E-state index in [-0.39, 0.29) is 17.4 Å². The van der Waals surface area contributed by atoms with Crippen molar-refractivity contribution in [2.45, 2.75) is 6.61 Å². The van der Waals surface area contributed by atoms with Crippen LogP contribution in [-0.2, 0) is 0 Å². The smallest absolute Gasteiger partial charge is 0.387 e. The third-order valence-electron chi connectivity index (χ3n) is 2.72. The number of nitrogens with zero attached hydrogens (tertiary/aromatic N) is 3. The van der Waals surface area contributed by atoms with Crippen LogP contribution in [0.25, 0.3) is 22.8 Å². The van der Waals surface area contributed by atoms with E-state index in [9.17, 15) is 13.2 Å². The Bertz CT molecular complexity index is 758. The maximum absolute atomic E-state index is 12.9. The van der Waals surface area contributed by atoms with Crippen molar-refractivity contribution in [3.05, 3.63) is 48.5 Å². The Morgan fingerprint density at radius 1 is 1.05 bits per heavy atom. The molecule has 0 aliphatic rings. The fourth-order valence-electron chi connectivity index (χ4n) is 1.74. The lowest BCUT2D eigenvalue weighted by molar-refractivity contribution is -0.0503. The second-order valence-corrected chi connectivity index (χ2v) is 4.20. The number of halogens is 3. The van der Waals surface area contributed by atoms with Crippen molar-refractivity contribution < 1.29 is 22.4 Å². The van der Waals surface area contributed by atoms with E-state index in [0.29, 0.717) is 17.0 Å². The molecular formula is C14H8F3N3O2. The maximum atomic E-state index is 12.9. The summed E-state index contributed by atoms with van der Waals surface area (Å²) in [5, 5.41) is 3.79. The van der Waals surface area contributed by atoms with Crippen LogP contribution in [0.5, 0.6) is 5.75 Å². The number of aromatic nitrogens is 3. The van der Waals surface area contributed by atoms with Gasteiger partial charge in [-0.1, -0.05) is 5.16 Å². The van der Waals surface area contributed by atoms with E-state index in [1.54, 1.807) is 18.2 Å². The zero-order valence-electron chi connectivity index (χ0n) is 10.9. The lowest BCUT2D eigenvalue weighted by atomic mass is 10.1. The third-order valence-corrected chi connectivity index (χ3v) is 2.72. The van der Waals surface area contributed by atoms with Crippen molar-refractivity contribution in [2.75, 3.05) is 0 Å². The molecule has 8 heteroatoms. The highest BCUT2D eigenvalue weighted by molar-refractivity contribution is 5.62. The van der Waals surface area contributed by atoms with E-state index in [1.807, 2.05) is 0 Å². The average molecular weight is 307 g/mol. The van der Waals surface area contributed by atoms with Gasteiger partial charge in [0.05, 0.1) is 12.4 Å². The van der Waals surface area contributed by atoms with Gasteiger partial charge in [0, 0.05) is 11.6 Å². The summed E-state index contributed by atoms with van der Waals surface area (Å²) in [6, 6.07) is 7.24. The van der Waals surface area contributed by atoms with Gasteiger partial charge in [0.25, 0.3) is 0 Å². The predicted octanol–water partition coefficient (Wildman–Crippen LogP) is 3.54. The Morgan fingerprint density at radius 2 is 1.73 bits per heavy atom. The molecule has 0 amide bonds. The topological polar surface area (TPSA) is 61.0 Å². The number of hydrogen-bond donors (Lipinski definition) is 0. The van der Waals surface area contributed by atoms with Crippen LogP contribution in [0.3, 0.4) is 0 Å². The minimum absolute atomic E-state index is 0.152. The highest BCUT2D eigenvalue weighted by atomic mass is 19.3. The standard InChI is InChI=1S/C14H8F3N3O2/c15-9-3-1-8(2-4-9)12-5-11(20-22-12)13-18-6-10(7-19-13)21-14(16)17/h1-7,14H. The van der Waals surface area contributed by atoms with Crippen molar-refractivity contribution in [1.82, 2.24) is 15.1 Å². The first-order chi connectivity index (χ1) is 10.6. The van der Waals surface area contributed by atoms with Crippen molar-refractivity contribution in [3.63, 3.8) is 0 Å². The quantitative estimate of drug-likeness (QED) is 0.738. The van der Waals surface area contributed by atoms with Gasteiger partial charge in [-0.15, -0.1) is 0 Å². The first-order valence-electron chi connectivity index (χ1n) is 6.12. The van der Waals surface area contributed by atoms with Crippen LogP contribution in [-0.4, -0.2) is 21.7 Å². The van der Waals surface area contributed by atoms with Gasteiger partial charge in [0.15, 0.2) is 23.0 Å². The van der Waals surface area contributed by atoms with Gasteiger partial charge in [-0.25, -0.2) is 14.4 Å². The Balaban J connectivity index is 1.82. The summed E-state index contributed by atoms with van der Waals surface area (Å²) in [7, 11) is 0. The molecule has 3 rings (SSSR count). The summed E-state index contributed by atoms with van der Waals surface area (Å²) in [6.45, 7) is -2.94. The van der Waals surface area contributed by atoms with Gasteiger partial charge in [-0.2, -0.15) is 8.78 Å². The molecule has 2 heterocycles. The fraction of sp³-hybridized carbons (Fsp3) is 0.0714. The number of rotatable bonds is 4. The second-order valence-electron chi connectivity index (χ2n) is 4.20. The molecule has 0 aliphatic carbocycles. The van der Waals surface area contributed by atoms with Gasteiger partial charge < -0.3 is 9.26 Å². The van der Waals surface area contributed by atoms with E-state index in [2.05, 4.69) is 19.9 Å². The molecular weight excluding hydrogens is 299 g/mol. The molecule has 0 fully saturated rings. The summed E-state index contributed by atoms with van der Waals surface area (Å²) in [6.07, 6.45) is 2.22. The molecule has 0 radical (unpaired) electrons. The van der Waals surface area contributed by atoms with Gasteiger partial charge in [0.1, 0.15) is 5.82 Å². The molecule has 1 aromatic carbocycles. The highest BCUT2D eigenvalue weighted by Crippen LogP contribution is 2.24. The van der Waals surface area contributed by atoms with Crippen LogP contribution >= 0.6 is 0 Å². The third kappa shape index (κ3) is 3.05. The Hall–Kier alpha value is -2.90. The average Bonchev–Trinajstić information content (AvgIpc) is 2.98. The van der Waals surface area contributed by atoms with E-state index in [1.165, 1.54) is 12.1 Å². The monoisotopic (exact) mass is 307 g/mol. The molecule has 22 heavy (non-hydrogen) atoms. The molecule has 5 nitrogen and oxygen atoms in total. The van der Waals surface area contributed by atoms with Gasteiger partial charge in [-0.05, 0) is 24.3 Å². The summed E-state index contributed by atoms with van der Waals surface area (Å²) >= 11 is 0. The Morgan fingerprint density at radius 3 is 2.36 bits per heavy atom. The molecule has 0 saturated heterocycles. The minimum Gasteiger partial charge on any atom is -0.432 e. The van der Waals surface area contributed by atoms with Crippen LogP contribution in [0.1, 0.15) is 0 Å². The largest absolute Gasteiger partial charge is 0.432 e. The molecule has 0 atom stereocenters. The number of benzene rings is 1. The second kappa shape index (κ2) is 5.84. The van der Waals surface area contributed by atoms with Gasteiger partial charge in [0.2, 0.25) is 0 Å². The van der Waals surface area contributed by atoms with Gasteiger partial charge in [-0.3, -0.25) is 0 Å². The van der Waals surface area contributed by atoms with E-state index in [4.69, 9.17) is 4.52 Å². The van der Waals surface area contributed by atoms with Crippen LogP contribution in [0.4, 0.5) is 13.2 Å². The van der Waals surface area contributed by atoms with Crippen LogP contribution < -0.4 is 4.74 Å². The number of alkyl halides is 2. The van der Waals surface area contributed by atoms with E-state index >= 15 is 0 Å². The van der Waals surface area contributed by atoms with Gasteiger partial charge >= 0.3 is 6.61 Å². The lowest BCUT2D eigenvalue weighted by Crippen LogP contribution is -2.03. The molecule has 0 saturated carbocycles. The molecule has 0 aliphatic heterocycles. The minimum atomic E-state index is -2.94. The summed E-state index contributed by atoms with van der Waals surface area (Å²) < 4.78 is 46.2. The summed E-state index contributed by atoms with van der Waals surface area (Å²) in [5.74, 6) is 0.0904. The van der Waals surface area contributed by atoms with Crippen LogP contribution in [0, 0.1) is 5.82 Å². The van der Waals surface area contributed by atoms with Crippen molar-refractivity contribution >= 4 is 0 Å². The molecule has 0 N–H and O–H groups in total. The molecule has 112 valence electrons. The Kier molecular flexibility index (Phi) is 3.73. The van der Waals surface area contributed by atoms with Crippen molar-refractivity contribution in [3.8, 4) is 28.6 Å². The molecule has 0 bridgehead atoms. The predicted molar refractivity (Wildman–Crippen MR) is 69.6 cm³/mol. The maximum Gasteiger partial charge on any atom is 0.387 e. The normalized spacial score (nSPS) is 10.9. The van der Waals surface area contributed by atoms with Crippen molar-refractivity contribution in [2.24, 2.45) is 0 Å². The fourth-order valence-corrected chi connectivity index (χ4v) is 1.74. The summed E-state index contributed by atoms with van der Waals surface area (Å²) in [4.78, 5) is 7.74. The highest BCUT2D eigenvalue weighted by Gasteiger charge is 2.12. The zero-order valence-corrected chi connectivity index (χ0v) is 10.9. The first-order valence-corrected chi connectivity index (χ1v) is 6.12. The van der Waals surface area contributed by atoms with Crippen LogP contribution in [0.15, 0.2) is 47.2 Å². The lowest BCUT2D eigenvalue weighted by Gasteiger charge is -2.02. The van der Waals surface area contributed by atoms with Crippen molar-refractivity contribution in [1.29, 1.82) is 0 Å². The zero-order chi connectivity index (χ0) is 15.5. The van der Waals surface area contributed by atoms with E-state index < -0.39 is 6.61 Å². The first kappa shape index (κ1) is 14.1. The number of ether oxygens (including phenoxy) is 1. The van der Waals surface area contributed by atoms with Crippen LogP contribution in [0.2, 0.25) is 0 Å². The number of hydrogen-bond acceptors (Lipinski definition) is 5. The molecule has 0 unspecified atom stereocenters. The molecule has 0 spiro atoms. The van der Waals surface area contributed by atoms with E-state index in [0.717, 1.165) is 12.4 Å². The molecule has 2 aromatic heterocycles. The summed E-state index contributed by atoms with van der Waals surface area (Å²) in [5.41, 5.74) is 0.959. The molecule has 3 aromatic rings. The SMILES string of the molecule is Fc1ccc(-c2cc(-c3ncc(OC(F)F)cn3)no2)cc1.